The third-order valence-electron chi connectivity index (χ3n) is 3.85. The number of rotatable bonds is 4. The Balaban J connectivity index is 2.18. The summed E-state index contributed by atoms with van der Waals surface area (Å²) in [6, 6.07) is 16.8. The average Bonchev–Trinajstić information content (AvgIpc) is 2.61. The van der Waals surface area contributed by atoms with Crippen LogP contribution >= 0.6 is 0 Å². The second-order valence-corrected chi connectivity index (χ2v) is 5.39. The highest BCUT2D eigenvalue weighted by atomic mass is 16.5. The number of hydrogen-bond donors (Lipinski definition) is 0. The Bertz CT molecular complexity index is 890. The topological polar surface area (TPSA) is 48.7 Å². The summed E-state index contributed by atoms with van der Waals surface area (Å²) in [6.07, 6.45) is 0. The number of ether oxygens (including phenoxy) is 2. The maximum atomic E-state index is 12.5. The summed E-state index contributed by atoms with van der Waals surface area (Å²) in [5, 5.41) is 0. The minimum atomic E-state index is -0.356. The first-order valence-electron chi connectivity index (χ1n) is 7.56. The molecule has 24 heavy (non-hydrogen) atoms. The minimum absolute atomic E-state index is 0.356. The molecule has 1 aromatic heterocycles. The van der Waals surface area contributed by atoms with Crippen molar-refractivity contribution in [2.24, 2.45) is 0 Å². The van der Waals surface area contributed by atoms with E-state index in [0.717, 1.165) is 28.2 Å². The van der Waals surface area contributed by atoms with Crippen LogP contribution in [-0.2, 0) is 0 Å². The highest BCUT2D eigenvalue weighted by Crippen LogP contribution is 2.32. The lowest BCUT2D eigenvalue weighted by Crippen LogP contribution is -2.06. The van der Waals surface area contributed by atoms with E-state index in [-0.39, 0.29) is 5.63 Å². The Morgan fingerprint density at radius 2 is 1.29 bits per heavy atom. The zero-order valence-electron chi connectivity index (χ0n) is 13.8. The fourth-order valence-electron chi connectivity index (χ4n) is 2.64. The quantitative estimate of drug-likeness (QED) is 0.718. The van der Waals surface area contributed by atoms with Gasteiger partial charge in [0.15, 0.2) is 0 Å². The summed E-state index contributed by atoms with van der Waals surface area (Å²) >= 11 is 0. The van der Waals surface area contributed by atoms with E-state index in [1.54, 1.807) is 21.1 Å². The summed E-state index contributed by atoms with van der Waals surface area (Å²) in [5.74, 6) is 2.08. The van der Waals surface area contributed by atoms with E-state index in [0.29, 0.717) is 11.3 Å². The third kappa shape index (κ3) is 3.04. The Kier molecular flexibility index (Phi) is 4.38. The lowest BCUT2D eigenvalue weighted by molar-refractivity contribution is 0.414. The summed E-state index contributed by atoms with van der Waals surface area (Å²) in [6.45, 7) is 1.77. The van der Waals surface area contributed by atoms with Crippen LogP contribution in [0.5, 0.6) is 11.5 Å². The maximum absolute atomic E-state index is 12.5. The monoisotopic (exact) mass is 322 g/mol. The SMILES string of the molecule is COc1ccc(-c2cc(C)oc(=O)c2-c2ccc(OC)cc2)cc1. The Morgan fingerprint density at radius 3 is 1.79 bits per heavy atom. The van der Waals surface area contributed by atoms with Gasteiger partial charge in [-0.2, -0.15) is 0 Å². The van der Waals surface area contributed by atoms with Crippen LogP contribution in [-0.4, -0.2) is 14.2 Å². The van der Waals surface area contributed by atoms with Gasteiger partial charge in [-0.15, -0.1) is 0 Å². The van der Waals surface area contributed by atoms with E-state index in [9.17, 15) is 4.79 Å². The molecule has 0 aliphatic carbocycles. The van der Waals surface area contributed by atoms with Crippen LogP contribution in [0.3, 0.4) is 0 Å². The Hall–Kier alpha value is -3.01. The fourth-order valence-corrected chi connectivity index (χ4v) is 2.64. The van der Waals surface area contributed by atoms with Crippen molar-refractivity contribution >= 4 is 0 Å². The number of methoxy groups -OCH3 is 2. The highest BCUT2D eigenvalue weighted by Gasteiger charge is 2.14. The lowest BCUT2D eigenvalue weighted by Gasteiger charge is -2.11. The predicted molar refractivity (Wildman–Crippen MR) is 93.7 cm³/mol. The van der Waals surface area contributed by atoms with E-state index in [1.807, 2.05) is 54.6 Å². The molecule has 3 aromatic rings. The van der Waals surface area contributed by atoms with E-state index < -0.39 is 0 Å². The van der Waals surface area contributed by atoms with Gasteiger partial charge in [0, 0.05) is 5.56 Å². The first-order chi connectivity index (χ1) is 11.6. The predicted octanol–water partition coefficient (Wildman–Crippen LogP) is 4.30. The zero-order valence-corrected chi connectivity index (χ0v) is 13.8. The highest BCUT2D eigenvalue weighted by molar-refractivity contribution is 5.83. The van der Waals surface area contributed by atoms with Crippen LogP contribution in [0, 0.1) is 6.92 Å². The van der Waals surface area contributed by atoms with E-state index in [1.165, 1.54) is 0 Å². The second-order valence-electron chi connectivity index (χ2n) is 5.39. The fraction of sp³-hybridized carbons (Fsp3) is 0.150. The molecule has 0 aliphatic rings. The molecule has 0 amide bonds. The van der Waals surface area contributed by atoms with Gasteiger partial charge in [-0.05, 0) is 48.4 Å². The van der Waals surface area contributed by atoms with Crippen LogP contribution < -0.4 is 15.1 Å². The molecular weight excluding hydrogens is 304 g/mol. The van der Waals surface area contributed by atoms with Gasteiger partial charge in [-0.25, -0.2) is 4.79 Å². The molecule has 4 heteroatoms. The standard InChI is InChI=1S/C20H18O4/c1-13-12-18(14-4-8-16(22-2)9-5-14)19(20(21)24-13)15-6-10-17(23-3)11-7-15/h4-12H,1-3H3. The van der Waals surface area contributed by atoms with Gasteiger partial charge in [0.1, 0.15) is 17.3 Å². The number of benzene rings is 2. The molecule has 122 valence electrons. The zero-order chi connectivity index (χ0) is 17.1. The van der Waals surface area contributed by atoms with Gasteiger partial charge >= 0.3 is 5.63 Å². The van der Waals surface area contributed by atoms with Crippen LogP contribution in [0.15, 0.2) is 63.8 Å². The van der Waals surface area contributed by atoms with Crippen LogP contribution in [0.25, 0.3) is 22.3 Å². The van der Waals surface area contributed by atoms with Crippen molar-refractivity contribution in [2.45, 2.75) is 6.92 Å². The molecular formula is C20H18O4. The summed E-state index contributed by atoms with van der Waals surface area (Å²) in [7, 11) is 3.23. The molecule has 4 nitrogen and oxygen atoms in total. The largest absolute Gasteiger partial charge is 0.497 e. The van der Waals surface area contributed by atoms with Crippen molar-refractivity contribution in [2.75, 3.05) is 14.2 Å². The average molecular weight is 322 g/mol. The van der Waals surface area contributed by atoms with Crippen LogP contribution in [0.4, 0.5) is 0 Å². The van der Waals surface area contributed by atoms with Crippen molar-refractivity contribution in [3.8, 4) is 33.8 Å². The summed E-state index contributed by atoms with van der Waals surface area (Å²) < 4.78 is 15.7. The molecule has 0 bridgehead atoms. The number of hydrogen-bond acceptors (Lipinski definition) is 4. The van der Waals surface area contributed by atoms with E-state index in [4.69, 9.17) is 13.9 Å². The smallest absolute Gasteiger partial charge is 0.344 e. The van der Waals surface area contributed by atoms with Gasteiger partial charge in [-0.1, -0.05) is 24.3 Å². The maximum Gasteiger partial charge on any atom is 0.344 e. The molecule has 0 spiro atoms. The molecule has 3 rings (SSSR count). The van der Waals surface area contributed by atoms with Gasteiger partial charge in [0.25, 0.3) is 0 Å². The molecule has 2 aromatic carbocycles. The van der Waals surface area contributed by atoms with Gasteiger partial charge in [0.05, 0.1) is 19.8 Å². The normalized spacial score (nSPS) is 10.5. The van der Waals surface area contributed by atoms with E-state index in [2.05, 4.69) is 0 Å². The molecule has 0 N–H and O–H groups in total. The van der Waals surface area contributed by atoms with Crippen molar-refractivity contribution < 1.29 is 13.9 Å². The molecule has 0 unspecified atom stereocenters. The summed E-state index contributed by atoms with van der Waals surface area (Å²) in [4.78, 5) is 12.5. The molecule has 0 radical (unpaired) electrons. The molecule has 0 saturated carbocycles. The van der Waals surface area contributed by atoms with Gasteiger partial charge in [-0.3, -0.25) is 0 Å². The van der Waals surface area contributed by atoms with E-state index >= 15 is 0 Å². The first kappa shape index (κ1) is 15.9. The first-order valence-corrected chi connectivity index (χ1v) is 7.56. The Morgan fingerprint density at radius 1 is 0.792 bits per heavy atom. The summed E-state index contributed by atoms with van der Waals surface area (Å²) in [5.41, 5.74) is 2.73. The van der Waals surface area contributed by atoms with Gasteiger partial charge in [0.2, 0.25) is 0 Å². The minimum Gasteiger partial charge on any atom is -0.497 e. The van der Waals surface area contributed by atoms with Crippen molar-refractivity contribution in [3.63, 3.8) is 0 Å². The molecule has 0 aliphatic heterocycles. The molecule has 0 fully saturated rings. The molecule has 0 saturated heterocycles. The van der Waals surface area contributed by atoms with Gasteiger partial charge < -0.3 is 13.9 Å². The Labute approximate surface area is 140 Å². The lowest BCUT2D eigenvalue weighted by atomic mass is 9.96. The van der Waals surface area contributed by atoms with Crippen LogP contribution in [0.1, 0.15) is 5.76 Å². The van der Waals surface area contributed by atoms with Crippen molar-refractivity contribution in [1.82, 2.24) is 0 Å². The molecule has 0 atom stereocenters. The van der Waals surface area contributed by atoms with Crippen LogP contribution in [0.2, 0.25) is 0 Å². The number of aryl methyl sites for hydroxylation is 1. The van der Waals surface area contributed by atoms with Crippen molar-refractivity contribution in [3.05, 3.63) is 70.8 Å². The second kappa shape index (κ2) is 6.62. The third-order valence-corrected chi connectivity index (χ3v) is 3.85. The van der Waals surface area contributed by atoms with Crippen molar-refractivity contribution in [1.29, 1.82) is 0 Å². The molecule has 1 heterocycles.